The van der Waals surface area contributed by atoms with Crippen LogP contribution in [0.25, 0.3) is 0 Å². The Labute approximate surface area is 137 Å². The highest BCUT2D eigenvalue weighted by molar-refractivity contribution is 5.97. The summed E-state index contributed by atoms with van der Waals surface area (Å²) >= 11 is 0. The number of nitriles is 1. The second kappa shape index (κ2) is 10.5. The lowest BCUT2D eigenvalue weighted by Gasteiger charge is -2.31. The lowest BCUT2D eigenvalue weighted by atomic mass is 9.94. The molecule has 1 aliphatic rings. The molecule has 0 aliphatic heterocycles. The van der Waals surface area contributed by atoms with Crippen LogP contribution < -0.4 is 10.6 Å². The van der Waals surface area contributed by atoms with Gasteiger partial charge in [0.1, 0.15) is 11.6 Å². The van der Waals surface area contributed by atoms with Gasteiger partial charge < -0.3 is 20.3 Å². The summed E-state index contributed by atoms with van der Waals surface area (Å²) in [6.45, 7) is 2.80. The Bertz CT molecular complexity index is 464. The molecule has 0 saturated heterocycles. The summed E-state index contributed by atoms with van der Waals surface area (Å²) in [6, 6.07) is 2.16. The molecule has 0 aromatic carbocycles. The summed E-state index contributed by atoms with van der Waals surface area (Å²) in [5.74, 6) is -0.259. The van der Waals surface area contributed by atoms with Crippen LogP contribution in [0.3, 0.4) is 0 Å². The van der Waals surface area contributed by atoms with Crippen LogP contribution in [0.1, 0.15) is 39.0 Å². The zero-order valence-corrected chi connectivity index (χ0v) is 13.9. The molecule has 0 bridgehead atoms. The van der Waals surface area contributed by atoms with Gasteiger partial charge >= 0.3 is 6.09 Å². The third kappa shape index (κ3) is 6.59. The monoisotopic (exact) mass is 322 g/mol. The molecule has 1 aliphatic carbocycles. The zero-order chi connectivity index (χ0) is 17.1. The molecule has 1 saturated carbocycles. The van der Waals surface area contributed by atoms with Crippen molar-refractivity contribution >= 4 is 12.0 Å². The van der Waals surface area contributed by atoms with E-state index in [2.05, 4.69) is 10.6 Å². The molecule has 0 aromatic heterocycles. The van der Waals surface area contributed by atoms with Gasteiger partial charge in [-0.15, -0.1) is 0 Å². The maximum atomic E-state index is 12.3. The number of hydrogen-bond acceptors (Lipinski definition) is 5. The molecule has 0 unspecified atom stereocenters. The molecule has 23 heavy (non-hydrogen) atoms. The summed E-state index contributed by atoms with van der Waals surface area (Å²) in [5.41, 5.74) is 0.0780. The number of ether oxygens (including phenoxy) is 1. The van der Waals surface area contributed by atoms with Crippen molar-refractivity contribution in [3.05, 3.63) is 11.8 Å². The summed E-state index contributed by atoms with van der Waals surface area (Å²) in [6.07, 6.45) is 6.41. The molecule has 2 amide bonds. The van der Waals surface area contributed by atoms with E-state index in [9.17, 15) is 9.59 Å². The molecule has 2 N–H and O–H groups in total. The van der Waals surface area contributed by atoms with Crippen molar-refractivity contribution in [1.29, 1.82) is 5.26 Å². The van der Waals surface area contributed by atoms with Gasteiger partial charge in [0.05, 0.1) is 6.61 Å². The smallest absolute Gasteiger partial charge is 0.407 e. The van der Waals surface area contributed by atoms with Gasteiger partial charge in [-0.05, 0) is 19.8 Å². The number of carbonyl (C=O) groups excluding carboxylic acids is 2. The van der Waals surface area contributed by atoms with Gasteiger partial charge in [0.25, 0.3) is 5.91 Å². The molecule has 0 spiro atoms. The van der Waals surface area contributed by atoms with E-state index >= 15 is 0 Å². The van der Waals surface area contributed by atoms with Crippen LogP contribution in [0.5, 0.6) is 0 Å². The maximum absolute atomic E-state index is 12.3. The lowest BCUT2D eigenvalue weighted by Crippen LogP contribution is -2.39. The molecule has 1 rings (SSSR count). The number of carbonyl (C=O) groups is 2. The minimum Gasteiger partial charge on any atom is -0.450 e. The standard InChI is InChI=1S/C16H26N4O3/c1-3-23-16(22)19-10-9-18-12-13(11-17)15(21)20(2)14-7-5-4-6-8-14/h12,14,18H,3-10H2,1-2H3,(H,19,22)/b13-12-. The maximum Gasteiger partial charge on any atom is 0.407 e. The number of amides is 2. The molecule has 7 heteroatoms. The molecule has 0 atom stereocenters. The van der Waals surface area contributed by atoms with E-state index in [1.165, 1.54) is 12.6 Å². The highest BCUT2D eigenvalue weighted by atomic mass is 16.5. The van der Waals surface area contributed by atoms with Crippen LogP contribution in [0.4, 0.5) is 4.79 Å². The van der Waals surface area contributed by atoms with Crippen molar-refractivity contribution in [2.24, 2.45) is 0 Å². The largest absolute Gasteiger partial charge is 0.450 e. The van der Waals surface area contributed by atoms with Gasteiger partial charge in [-0.1, -0.05) is 19.3 Å². The predicted molar refractivity (Wildman–Crippen MR) is 86.4 cm³/mol. The van der Waals surface area contributed by atoms with Crippen molar-refractivity contribution in [2.75, 3.05) is 26.7 Å². The van der Waals surface area contributed by atoms with E-state index in [0.717, 1.165) is 25.7 Å². The minimum atomic E-state index is -0.480. The van der Waals surface area contributed by atoms with E-state index < -0.39 is 6.09 Å². The topological polar surface area (TPSA) is 94.5 Å². The Morgan fingerprint density at radius 2 is 2.00 bits per heavy atom. The molecule has 1 fully saturated rings. The van der Waals surface area contributed by atoms with E-state index in [1.807, 2.05) is 6.07 Å². The SMILES string of the molecule is CCOC(=O)NCCN/C=C(/C#N)C(=O)N(C)C1CCCCC1. The highest BCUT2D eigenvalue weighted by Crippen LogP contribution is 2.22. The second-order valence-electron chi connectivity index (χ2n) is 5.48. The number of rotatable bonds is 7. The summed E-state index contributed by atoms with van der Waals surface area (Å²) in [7, 11) is 1.76. The van der Waals surface area contributed by atoms with E-state index in [4.69, 9.17) is 10.00 Å². The fourth-order valence-electron chi connectivity index (χ4n) is 2.56. The molecular weight excluding hydrogens is 296 g/mol. The Morgan fingerprint density at radius 1 is 1.30 bits per heavy atom. The highest BCUT2D eigenvalue weighted by Gasteiger charge is 2.24. The van der Waals surface area contributed by atoms with Crippen LogP contribution >= 0.6 is 0 Å². The van der Waals surface area contributed by atoms with E-state index in [-0.39, 0.29) is 17.5 Å². The fourth-order valence-corrected chi connectivity index (χ4v) is 2.56. The Hall–Kier alpha value is -2.23. The molecule has 7 nitrogen and oxygen atoms in total. The third-order valence-electron chi connectivity index (χ3n) is 3.85. The van der Waals surface area contributed by atoms with Gasteiger partial charge in [-0.25, -0.2) is 4.79 Å². The first-order valence-electron chi connectivity index (χ1n) is 8.11. The fraction of sp³-hybridized carbons (Fsp3) is 0.688. The quantitative estimate of drug-likeness (QED) is 0.421. The van der Waals surface area contributed by atoms with Crippen molar-refractivity contribution in [1.82, 2.24) is 15.5 Å². The third-order valence-corrected chi connectivity index (χ3v) is 3.85. The molecule has 0 heterocycles. The first kappa shape index (κ1) is 18.8. The van der Waals surface area contributed by atoms with Gasteiger partial charge in [0.15, 0.2) is 0 Å². The lowest BCUT2D eigenvalue weighted by molar-refractivity contribution is -0.128. The van der Waals surface area contributed by atoms with Crippen molar-refractivity contribution in [2.45, 2.75) is 45.1 Å². The molecule has 128 valence electrons. The van der Waals surface area contributed by atoms with E-state index in [1.54, 1.807) is 18.9 Å². The zero-order valence-electron chi connectivity index (χ0n) is 13.9. The van der Waals surface area contributed by atoms with Crippen LogP contribution in [-0.4, -0.2) is 49.7 Å². The van der Waals surface area contributed by atoms with Gasteiger partial charge in [0, 0.05) is 32.4 Å². The van der Waals surface area contributed by atoms with Crippen LogP contribution in [0, 0.1) is 11.3 Å². The van der Waals surface area contributed by atoms with Crippen molar-refractivity contribution < 1.29 is 14.3 Å². The average Bonchev–Trinajstić information content (AvgIpc) is 2.58. The van der Waals surface area contributed by atoms with Gasteiger partial charge in [0.2, 0.25) is 0 Å². The number of nitrogens with one attached hydrogen (secondary N) is 2. The Kier molecular flexibility index (Phi) is 8.58. The number of hydrogen-bond donors (Lipinski definition) is 2. The first-order chi connectivity index (χ1) is 11.1. The van der Waals surface area contributed by atoms with Crippen molar-refractivity contribution in [3.8, 4) is 6.07 Å². The summed E-state index contributed by atoms with van der Waals surface area (Å²) in [5, 5.41) is 14.6. The first-order valence-corrected chi connectivity index (χ1v) is 8.11. The molecule has 0 aromatic rings. The number of alkyl carbamates (subject to hydrolysis) is 1. The Balaban J connectivity index is 2.40. The number of likely N-dealkylation sites (N-methyl/N-ethyl adjacent to an activating group) is 1. The predicted octanol–water partition coefficient (Wildman–Crippen LogP) is 1.52. The average molecular weight is 322 g/mol. The number of nitrogens with zero attached hydrogens (tertiary/aromatic N) is 2. The Morgan fingerprint density at radius 3 is 2.61 bits per heavy atom. The normalized spacial score (nSPS) is 15.4. The van der Waals surface area contributed by atoms with Gasteiger partial charge in [-0.3, -0.25) is 4.79 Å². The van der Waals surface area contributed by atoms with Crippen LogP contribution in [0.2, 0.25) is 0 Å². The minimum absolute atomic E-state index is 0.0780. The summed E-state index contributed by atoms with van der Waals surface area (Å²) in [4.78, 5) is 25.1. The van der Waals surface area contributed by atoms with Crippen LogP contribution in [-0.2, 0) is 9.53 Å². The molecular formula is C16H26N4O3. The van der Waals surface area contributed by atoms with E-state index in [0.29, 0.717) is 19.7 Å². The summed E-state index contributed by atoms with van der Waals surface area (Å²) < 4.78 is 4.72. The molecule has 0 radical (unpaired) electrons. The van der Waals surface area contributed by atoms with Gasteiger partial charge in [-0.2, -0.15) is 5.26 Å². The van der Waals surface area contributed by atoms with Crippen LogP contribution in [0.15, 0.2) is 11.8 Å². The second-order valence-corrected chi connectivity index (χ2v) is 5.48. The van der Waals surface area contributed by atoms with Crippen molar-refractivity contribution in [3.63, 3.8) is 0 Å².